The molecule has 0 radical (unpaired) electrons. The molecule has 0 amide bonds. The van der Waals surface area contributed by atoms with Crippen LogP contribution in [0.2, 0.25) is 0 Å². The zero-order valence-corrected chi connectivity index (χ0v) is 8.02. The molecule has 0 heterocycles. The van der Waals surface area contributed by atoms with Crippen molar-refractivity contribution in [2.24, 2.45) is 0 Å². The van der Waals surface area contributed by atoms with Gasteiger partial charge in [0.25, 0.3) is 0 Å². The van der Waals surface area contributed by atoms with E-state index in [1.807, 2.05) is 0 Å². The number of aliphatic carboxylic acids is 1. The fraction of sp³-hybridized carbons (Fsp3) is 0.556. The predicted octanol–water partition coefficient (Wildman–Crippen LogP) is 0.331. The SMILES string of the molecule is C=C(CC(=O)O)C(=O)OCC(O)CC. The lowest BCUT2D eigenvalue weighted by molar-refractivity contribution is -0.144. The number of rotatable bonds is 6. The highest BCUT2D eigenvalue weighted by atomic mass is 16.5. The monoisotopic (exact) mass is 202 g/mol. The molecule has 0 aromatic carbocycles. The smallest absolute Gasteiger partial charge is 0.334 e. The molecule has 0 bridgehead atoms. The standard InChI is InChI=1S/C9H14O5/c1-3-7(10)5-14-9(13)6(2)4-8(11)12/h7,10H,2-5H2,1H3,(H,11,12). The van der Waals surface area contributed by atoms with E-state index in [0.717, 1.165) is 0 Å². The third kappa shape index (κ3) is 5.31. The third-order valence-electron chi connectivity index (χ3n) is 1.53. The van der Waals surface area contributed by atoms with Crippen LogP contribution in [0, 0.1) is 0 Å². The number of aliphatic hydroxyl groups excluding tert-OH is 1. The van der Waals surface area contributed by atoms with Crippen molar-refractivity contribution in [2.75, 3.05) is 6.61 Å². The van der Waals surface area contributed by atoms with E-state index in [0.29, 0.717) is 6.42 Å². The van der Waals surface area contributed by atoms with Crippen molar-refractivity contribution in [3.63, 3.8) is 0 Å². The van der Waals surface area contributed by atoms with Gasteiger partial charge in [-0.1, -0.05) is 13.5 Å². The number of ether oxygens (including phenoxy) is 1. The van der Waals surface area contributed by atoms with Crippen molar-refractivity contribution in [1.82, 2.24) is 0 Å². The van der Waals surface area contributed by atoms with Gasteiger partial charge in [0.2, 0.25) is 0 Å². The van der Waals surface area contributed by atoms with Gasteiger partial charge >= 0.3 is 11.9 Å². The molecular formula is C9H14O5. The highest BCUT2D eigenvalue weighted by Gasteiger charge is 2.13. The van der Waals surface area contributed by atoms with Gasteiger partial charge in [0.05, 0.1) is 12.5 Å². The molecule has 1 atom stereocenters. The molecule has 1 unspecified atom stereocenters. The molecule has 0 saturated heterocycles. The Balaban J connectivity index is 3.85. The summed E-state index contributed by atoms with van der Waals surface area (Å²) >= 11 is 0. The molecule has 2 N–H and O–H groups in total. The molecule has 0 fully saturated rings. The molecule has 0 aromatic rings. The fourth-order valence-corrected chi connectivity index (χ4v) is 0.647. The van der Waals surface area contributed by atoms with E-state index in [-0.39, 0.29) is 12.2 Å². The number of aliphatic hydroxyl groups is 1. The summed E-state index contributed by atoms with van der Waals surface area (Å²) < 4.78 is 4.61. The Hall–Kier alpha value is -1.36. The minimum atomic E-state index is -1.14. The summed E-state index contributed by atoms with van der Waals surface area (Å²) in [6.45, 7) is 4.87. The first kappa shape index (κ1) is 12.6. The molecule has 0 spiro atoms. The van der Waals surface area contributed by atoms with Crippen LogP contribution >= 0.6 is 0 Å². The van der Waals surface area contributed by atoms with Crippen molar-refractivity contribution in [1.29, 1.82) is 0 Å². The zero-order valence-electron chi connectivity index (χ0n) is 8.02. The highest BCUT2D eigenvalue weighted by molar-refractivity contribution is 5.92. The van der Waals surface area contributed by atoms with Gasteiger partial charge in [0, 0.05) is 5.57 Å². The van der Waals surface area contributed by atoms with Crippen LogP contribution in [-0.2, 0) is 14.3 Å². The van der Waals surface area contributed by atoms with Crippen LogP contribution in [-0.4, -0.2) is 34.9 Å². The van der Waals surface area contributed by atoms with Crippen molar-refractivity contribution < 1.29 is 24.5 Å². The van der Waals surface area contributed by atoms with Gasteiger partial charge in [0.15, 0.2) is 0 Å². The van der Waals surface area contributed by atoms with Gasteiger partial charge in [0.1, 0.15) is 6.61 Å². The number of esters is 1. The van der Waals surface area contributed by atoms with Crippen LogP contribution in [0.4, 0.5) is 0 Å². The number of carbonyl (C=O) groups is 2. The van der Waals surface area contributed by atoms with Crippen LogP contribution < -0.4 is 0 Å². The minimum absolute atomic E-state index is 0.124. The number of carboxylic acid groups (broad SMARTS) is 1. The topological polar surface area (TPSA) is 83.8 Å². The zero-order chi connectivity index (χ0) is 11.1. The van der Waals surface area contributed by atoms with E-state index in [2.05, 4.69) is 11.3 Å². The average Bonchev–Trinajstić information content (AvgIpc) is 2.12. The van der Waals surface area contributed by atoms with Crippen LogP contribution in [0.1, 0.15) is 19.8 Å². The Morgan fingerprint density at radius 1 is 1.50 bits per heavy atom. The molecule has 0 rings (SSSR count). The van der Waals surface area contributed by atoms with Crippen LogP contribution in [0.3, 0.4) is 0 Å². The minimum Gasteiger partial charge on any atom is -0.481 e. The molecule has 5 nitrogen and oxygen atoms in total. The summed E-state index contributed by atoms with van der Waals surface area (Å²) in [7, 11) is 0. The summed E-state index contributed by atoms with van der Waals surface area (Å²) in [4.78, 5) is 21.2. The van der Waals surface area contributed by atoms with Crippen molar-refractivity contribution in [3.05, 3.63) is 12.2 Å². The Morgan fingerprint density at radius 2 is 2.07 bits per heavy atom. The highest BCUT2D eigenvalue weighted by Crippen LogP contribution is 2.02. The molecule has 0 aliphatic rings. The maximum atomic E-state index is 11.0. The normalized spacial score (nSPS) is 11.9. The number of hydrogen-bond acceptors (Lipinski definition) is 4. The van der Waals surface area contributed by atoms with Gasteiger partial charge in [-0.2, -0.15) is 0 Å². The van der Waals surface area contributed by atoms with Crippen molar-refractivity contribution in [2.45, 2.75) is 25.9 Å². The molecule has 80 valence electrons. The van der Waals surface area contributed by atoms with E-state index >= 15 is 0 Å². The predicted molar refractivity (Wildman–Crippen MR) is 48.6 cm³/mol. The second kappa shape index (κ2) is 6.15. The average molecular weight is 202 g/mol. The third-order valence-corrected chi connectivity index (χ3v) is 1.53. The largest absolute Gasteiger partial charge is 0.481 e. The molecule has 0 aliphatic carbocycles. The summed E-state index contributed by atoms with van der Waals surface area (Å²) in [6, 6.07) is 0. The molecule has 5 heteroatoms. The second-order valence-corrected chi connectivity index (χ2v) is 2.83. The second-order valence-electron chi connectivity index (χ2n) is 2.83. The van der Waals surface area contributed by atoms with Gasteiger partial charge < -0.3 is 14.9 Å². The molecular weight excluding hydrogens is 188 g/mol. The van der Waals surface area contributed by atoms with E-state index in [1.165, 1.54) is 0 Å². The quantitative estimate of drug-likeness (QED) is 0.479. The maximum absolute atomic E-state index is 11.0. The van der Waals surface area contributed by atoms with Crippen LogP contribution in [0.25, 0.3) is 0 Å². The first-order valence-electron chi connectivity index (χ1n) is 4.22. The van der Waals surface area contributed by atoms with Gasteiger partial charge in [-0.25, -0.2) is 4.79 Å². The molecule has 14 heavy (non-hydrogen) atoms. The maximum Gasteiger partial charge on any atom is 0.334 e. The summed E-state index contributed by atoms with van der Waals surface area (Å²) in [5.41, 5.74) is -0.124. The van der Waals surface area contributed by atoms with E-state index in [4.69, 9.17) is 10.2 Å². The Kier molecular flexibility index (Phi) is 5.55. The fourth-order valence-electron chi connectivity index (χ4n) is 0.647. The Morgan fingerprint density at radius 3 is 2.50 bits per heavy atom. The lowest BCUT2D eigenvalue weighted by atomic mass is 10.2. The lowest BCUT2D eigenvalue weighted by Crippen LogP contribution is -2.19. The van der Waals surface area contributed by atoms with Crippen molar-refractivity contribution >= 4 is 11.9 Å². The summed E-state index contributed by atoms with van der Waals surface area (Å²) in [5, 5.41) is 17.4. The molecule has 0 aliphatic heterocycles. The van der Waals surface area contributed by atoms with Gasteiger partial charge in [-0.3, -0.25) is 4.79 Å². The van der Waals surface area contributed by atoms with Crippen LogP contribution in [0.5, 0.6) is 0 Å². The van der Waals surface area contributed by atoms with Crippen LogP contribution in [0.15, 0.2) is 12.2 Å². The van der Waals surface area contributed by atoms with E-state index < -0.39 is 24.5 Å². The van der Waals surface area contributed by atoms with Gasteiger partial charge in [-0.05, 0) is 6.42 Å². The first-order valence-corrected chi connectivity index (χ1v) is 4.22. The molecule has 0 aromatic heterocycles. The number of hydrogen-bond donors (Lipinski definition) is 2. The van der Waals surface area contributed by atoms with E-state index in [9.17, 15) is 9.59 Å². The number of carbonyl (C=O) groups excluding carboxylic acids is 1. The van der Waals surface area contributed by atoms with Gasteiger partial charge in [-0.15, -0.1) is 0 Å². The lowest BCUT2D eigenvalue weighted by Gasteiger charge is -2.09. The Labute approximate surface area is 82.0 Å². The van der Waals surface area contributed by atoms with Crippen molar-refractivity contribution in [3.8, 4) is 0 Å². The summed E-state index contributed by atoms with van der Waals surface area (Å²) in [6.07, 6.45) is -0.684. The Bertz CT molecular complexity index is 233. The first-order chi connectivity index (χ1) is 6.47. The van der Waals surface area contributed by atoms with E-state index in [1.54, 1.807) is 6.92 Å². The summed E-state index contributed by atoms with van der Waals surface area (Å²) in [5.74, 6) is -1.91. The molecule has 0 saturated carbocycles. The number of carboxylic acids is 1.